The van der Waals surface area contributed by atoms with Crippen LogP contribution in [-0.2, 0) is 0 Å². The molecule has 1 saturated carbocycles. The van der Waals surface area contributed by atoms with Crippen LogP contribution < -0.4 is 5.32 Å². The molecule has 3 heteroatoms. The first-order valence-electron chi connectivity index (χ1n) is 5.96. The fourth-order valence-electron chi connectivity index (χ4n) is 2.36. The zero-order chi connectivity index (χ0) is 11.1. The van der Waals surface area contributed by atoms with Gasteiger partial charge in [0.15, 0.2) is 0 Å². The summed E-state index contributed by atoms with van der Waals surface area (Å²) in [5.41, 5.74) is 1.61. The number of likely N-dealkylation sites (N-methyl/N-ethyl adjacent to an activating group) is 1. The fraction of sp³-hybridized carbons (Fsp3) is 0.833. The van der Waals surface area contributed by atoms with E-state index in [1.165, 1.54) is 25.7 Å². The molecule has 0 radical (unpaired) electrons. The van der Waals surface area contributed by atoms with E-state index >= 15 is 0 Å². The summed E-state index contributed by atoms with van der Waals surface area (Å²) in [6.07, 6.45) is 7.26. The standard InChI is InChI=1S/C12H23ClN2/c1-3-14-11-5-7-12(8-6-11)15(2)10-4-9-13/h4,9,11-12,14H,3,5-8,10H2,1-2H3/b9-4+. The Morgan fingerprint density at radius 3 is 2.53 bits per heavy atom. The molecule has 1 fully saturated rings. The summed E-state index contributed by atoms with van der Waals surface area (Å²) in [5.74, 6) is 0. The van der Waals surface area contributed by atoms with Crippen LogP contribution in [0.4, 0.5) is 0 Å². The second kappa shape index (κ2) is 7.26. The highest BCUT2D eigenvalue weighted by Crippen LogP contribution is 2.22. The maximum atomic E-state index is 5.53. The van der Waals surface area contributed by atoms with Crippen LogP contribution in [0.3, 0.4) is 0 Å². The minimum atomic E-state index is 0.743. The Hall–Kier alpha value is -0.0500. The Labute approximate surface area is 98.7 Å². The number of hydrogen-bond acceptors (Lipinski definition) is 2. The molecular weight excluding hydrogens is 208 g/mol. The van der Waals surface area contributed by atoms with Gasteiger partial charge < -0.3 is 5.32 Å². The number of nitrogens with zero attached hydrogens (tertiary/aromatic N) is 1. The molecule has 88 valence electrons. The first-order chi connectivity index (χ1) is 7.27. The van der Waals surface area contributed by atoms with E-state index in [1.54, 1.807) is 5.54 Å². The van der Waals surface area contributed by atoms with Crippen molar-refractivity contribution in [1.29, 1.82) is 0 Å². The average molecular weight is 231 g/mol. The van der Waals surface area contributed by atoms with Crippen molar-refractivity contribution >= 4 is 11.6 Å². The van der Waals surface area contributed by atoms with Crippen LogP contribution in [0.15, 0.2) is 11.6 Å². The maximum absolute atomic E-state index is 5.53. The Morgan fingerprint density at radius 1 is 1.33 bits per heavy atom. The lowest BCUT2D eigenvalue weighted by molar-refractivity contribution is 0.189. The van der Waals surface area contributed by atoms with Crippen molar-refractivity contribution in [2.75, 3.05) is 20.1 Å². The molecule has 1 aliphatic carbocycles. The normalized spacial score (nSPS) is 27.7. The van der Waals surface area contributed by atoms with Gasteiger partial charge in [0.05, 0.1) is 0 Å². The molecule has 0 bridgehead atoms. The Balaban J connectivity index is 2.24. The lowest BCUT2D eigenvalue weighted by Crippen LogP contribution is -2.40. The summed E-state index contributed by atoms with van der Waals surface area (Å²) in [5, 5.41) is 3.53. The lowest BCUT2D eigenvalue weighted by Gasteiger charge is -2.34. The van der Waals surface area contributed by atoms with E-state index in [2.05, 4.69) is 24.2 Å². The molecule has 0 spiro atoms. The molecule has 0 unspecified atom stereocenters. The van der Waals surface area contributed by atoms with Gasteiger partial charge in [-0.05, 0) is 39.3 Å². The van der Waals surface area contributed by atoms with Crippen molar-refractivity contribution < 1.29 is 0 Å². The molecule has 0 amide bonds. The van der Waals surface area contributed by atoms with Gasteiger partial charge in [0.25, 0.3) is 0 Å². The van der Waals surface area contributed by atoms with Gasteiger partial charge >= 0.3 is 0 Å². The smallest absolute Gasteiger partial charge is 0.0174 e. The predicted molar refractivity (Wildman–Crippen MR) is 67.3 cm³/mol. The monoisotopic (exact) mass is 230 g/mol. The second-order valence-corrected chi connectivity index (χ2v) is 4.62. The first-order valence-corrected chi connectivity index (χ1v) is 6.40. The van der Waals surface area contributed by atoms with Crippen molar-refractivity contribution in [3.8, 4) is 0 Å². The van der Waals surface area contributed by atoms with E-state index in [1.807, 2.05) is 6.08 Å². The van der Waals surface area contributed by atoms with Gasteiger partial charge in [-0.2, -0.15) is 0 Å². The topological polar surface area (TPSA) is 15.3 Å². The van der Waals surface area contributed by atoms with E-state index in [9.17, 15) is 0 Å². The third kappa shape index (κ3) is 4.54. The fourth-order valence-corrected chi connectivity index (χ4v) is 2.44. The molecular formula is C12H23ClN2. The molecule has 0 aromatic rings. The molecule has 1 rings (SSSR count). The third-order valence-electron chi connectivity index (χ3n) is 3.30. The minimum Gasteiger partial charge on any atom is -0.314 e. The highest BCUT2D eigenvalue weighted by molar-refractivity contribution is 6.25. The van der Waals surface area contributed by atoms with Crippen molar-refractivity contribution in [3.05, 3.63) is 11.6 Å². The van der Waals surface area contributed by atoms with Gasteiger partial charge in [0, 0.05) is 24.2 Å². The number of rotatable bonds is 5. The summed E-state index contributed by atoms with van der Waals surface area (Å²) < 4.78 is 0. The van der Waals surface area contributed by atoms with E-state index in [0.29, 0.717) is 0 Å². The molecule has 0 aromatic carbocycles. The third-order valence-corrected chi connectivity index (χ3v) is 3.47. The lowest BCUT2D eigenvalue weighted by atomic mass is 9.90. The van der Waals surface area contributed by atoms with Gasteiger partial charge in [-0.3, -0.25) is 4.90 Å². The van der Waals surface area contributed by atoms with Crippen molar-refractivity contribution in [3.63, 3.8) is 0 Å². The molecule has 0 aliphatic heterocycles. The highest BCUT2D eigenvalue weighted by Gasteiger charge is 2.22. The quantitative estimate of drug-likeness (QED) is 0.781. The number of hydrogen-bond donors (Lipinski definition) is 1. The Morgan fingerprint density at radius 2 is 2.00 bits per heavy atom. The van der Waals surface area contributed by atoms with Gasteiger partial charge in [-0.25, -0.2) is 0 Å². The van der Waals surface area contributed by atoms with Crippen molar-refractivity contribution in [1.82, 2.24) is 10.2 Å². The Bertz CT molecular complexity index is 186. The summed E-state index contributed by atoms with van der Waals surface area (Å²) in [6, 6.07) is 1.50. The predicted octanol–water partition coefficient (Wildman–Crippen LogP) is 2.59. The SMILES string of the molecule is CCNC1CCC(N(C)C/C=C/Cl)CC1. The largest absolute Gasteiger partial charge is 0.314 e. The number of halogens is 1. The summed E-state index contributed by atoms with van der Waals surface area (Å²) in [7, 11) is 2.19. The highest BCUT2D eigenvalue weighted by atomic mass is 35.5. The van der Waals surface area contributed by atoms with Crippen molar-refractivity contribution in [2.45, 2.75) is 44.7 Å². The summed E-state index contributed by atoms with van der Waals surface area (Å²) in [6.45, 7) is 4.25. The van der Waals surface area contributed by atoms with Gasteiger partial charge in [0.1, 0.15) is 0 Å². The number of nitrogens with one attached hydrogen (secondary N) is 1. The van der Waals surface area contributed by atoms with Crippen LogP contribution in [0.5, 0.6) is 0 Å². The van der Waals surface area contributed by atoms with Gasteiger partial charge in [-0.1, -0.05) is 24.6 Å². The Kier molecular flexibility index (Phi) is 6.30. The molecule has 0 atom stereocenters. The second-order valence-electron chi connectivity index (χ2n) is 4.36. The van der Waals surface area contributed by atoms with Crippen LogP contribution in [0.2, 0.25) is 0 Å². The molecule has 1 N–H and O–H groups in total. The maximum Gasteiger partial charge on any atom is 0.0174 e. The van der Waals surface area contributed by atoms with Crippen LogP contribution in [0.1, 0.15) is 32.6 Å². The zero-order valence-corrected chi connectivity index (χ0v) is 10.6. The molecule has 2 nitrogen and oxygen atoms in total. The summed E-state index contributed by atoms with van der Waals surface area (Å²) in [4.78, 5) is 2.40. The first kappa shape index (κ1) is 13.0. The van der Waals surface area contributed by atoms with E-state index in [4.69, 9.17) is 11.6 Å². The summed E-state index contributed by atoms with van der Waals surface area (Å²) >= 11 is 5.53. The van der Waals surface area contributed by atoms with Crippen LogP contribution in [0.25, 0.3) is 0 Å². The molecule has 0 heterocycles. The van der Waals surface area contributed by atoms with Crippen LogP contribution in [0, 0.1) is 0 Å². The van der Waals surface area contributed by atoms with Crippen molar-refractivity contribution in [2.24, 2.45) is 0 Å². The molecule has 0 saturated heterocycles. The van der Waals surface area contributed by atoms with E-state index in [0.717, 1.165) is 25.2 Å². The molecule has 15 heavy (non-hydrogen) atoms. The average Bonchev–Trinajstić information content (AvgIpc) is 2.27. The van der Waals surface area contributed by atoms with Crippen LogP contribution >= 0.6 is 11.6 Å². The van der Waals surface area contributed by atoms with E-state index < -0.39 is 0 Å². The van der Waals surface area contributed by atoms with Crippen LogP contribution in [-0.4, -0.2) is 37.1 Å². The van der Waals surface area contributed by atoms with Gasteiger partial charge in [0.2, 0.25) is 0 Å². The minimum absolute atomic E-state index is 0.743. The van der Waals surface area contributed by atoms with Gasteiger partial charge in [-0.15, -0.1) is 0 Å². The zero-order valence-electron chi connectivity index (χ0n) is 9.88. The molecule has 0 aromatic heterocycles. The molecule has 1 aliphatic rings. The van der Waals surface area contributed by atoms with E-state index in [-0.39, 0.29) is 0 Å².